The number of nitrogens with zero attached hydrogens (tertiary/aromatic N) is 2. The highest BCUT2D eigenvalue weighted by Crippen LogP contribution is 2.45. The molecule has 0 fully saturated rings. The largest absolute Gasteiger partial charge is 0.298 e. The van der Waals surface area contributed by atoms with Gasteiger partial charge in [0, 0.05) is 5.69 Å². The van der Waals surface area contributed by atoms with E-state index < -0.39 is 5.11 Å². The molecule has 51 heavy (non-hydrogen) atoms. The van der Waals surface area contributed by atoms with Crippen LogP contribution in [0.1, 0.15) is 5.82 Å². The zero-order valence-corrected chi connectivity index (χ0v) is 27.9. The molecule has 0 saturated carbocycles. The Balaban J connectivity index is 1.32. The van der Waals surface area contributed by atoms with Gasteiger partial charge in [0.2, 0.25) is 0 Å². The number of rotatable bonds is 6. The Hall–Kier alpha value is -6.06. The quantitative estimate of drug-likeness (QED) is 0.130. The Morgan fingerprint density at radius 3 is 1.39 bits per heavy atom. The van der Waals surface area contributed by atoms with Crippen molar-refractivity contribution in [2.45, 2.75) is 5.11 Å². The summed E-state index contributed by atoms with van der Waals surface area (Å²) >= 11 is 0. The molecular weight excluding hydrogens is 613 g/mol. The molecule has 0 saturated heterocycles. The molecule has 0 atom stereocenters. The number of benzene rings is 8. The van der Waals surface area contributed by atoms with Crippen molar-refractivity contribution in [1.82, 2.24) is 9.55 Å². The van der Waals surface area contributed by atoms with Gasteiger partial charge in [0.25, 0.3) is 0 Å². The van der Waals surface area contributed by atoms with Crippen molar-refractivity contribution in [2.75, 3.05) is 0 Å². The first-order chi connectivity index (χ1) is 24.9. The second-order valence-corrected chi connectivity index (χ2v) is 13.1. The van der Waals surface area contributed by atoms with E-state index in [1.54, 1.807) is 0 Å². The van der Waals surface area contributed by atoms with Gasteiger partial charge in [-0.3, -0.25) is 4.57 Å². The highest BCUT2D eigenvalue weighted by atomic mass is 15.1. The van der Waals surface area contributed by atoms with Crippen LogP contribution in [0, 0.1) is 0 Å². The van der Waals surface area contributed by atoms with Gasteiger partial charge in [-0.25, -0.2) is 4.98 Å². The molecule has 232 valence electrons. The summed E-state index contributed by atoms with van der Waals surface area (Å²) in [5.74, 6) is 0.387. The van der Waals surface area contributed by atoms with Crippen molar-refractivity contribution in [3.8, 4) is 50.2 Å². The van der Waals surface area contributed by atoms with Crippen LogP contribution in [0.5, 0.6) is 0 Å². The van der Waals surface area contributed by atoms with Crippen LogP contribution < -0.4 is 0 Å². The van der Waals surface area contributed by atoms with Crippen LogP contribution >= 0.6 is 0 Å². The molecule has 5 heteroatoms. The van der Waals surface area contributed by atoms with E-state index in [-0.39, 0.29) is 0 Å². The molecule has 1 heterocycles. The number of para-hydroxylation sites is 2. The zero-order chi connectivity index (χ0) is 34.5. The van der Waals surface area contributed by atoms with E-state index in [2.05, 4.69) is 146 Å². The third-order valence-electron chi connectivity index (χ3n) is 9.71. The van der Waals surface area contributed by atoms with E-state index in [1.165, 1.54) is 44.2 Å². The second-order valence-electron chi connectivity index (χ2n) is 13.1. The monoisotopic (exact) mass is 642 g/mol. The third kappa shape index (κ3) is 5.46. The fraction of sp³-hybridized carbons (Fsp3) is 0.0217. The van der Waals surface area contributed by atoms with Crippen molar-refractivity contribution in [3.63, 3.8) is 0 Å². The van der Waals surface area contributed by atoms with Crippen molar-refractivity contribution in [2.24, 2.45) is 0 Å². The molecule has 0 aliphatic heterocycles. The van der Waals surface area contributed by atoms with Crippen LogP contribution in [0.2, 0.25) is 0 Å². The molecule has 2 nitrogen and oxygen atoms in total. The summed E-state index contributed by atoms with van der Waals surface area (Å²) in [6.07, 6.45) is 0. The fourth-order valence-electron chi connectivity index (χ4n) is 7.50. The van der Waals surface area contributed by atoms with Gasteiger partial charge in [-0.2, -0.15) is 0 Å². The van der Waals surface area contributed by atoms with E-state index >= 15 is 0 Å². The molecule has 0 amide bonds. The normalized spacial score (nSPS) is 11.8. The number of aromatic nitrogens is 2. The van der Waals surface area contributed by atoms with Gasteiger partial charge in [0.05, 0.1) is 40.4 Å². The third-order valence-corrected chi connectivity index (χ3v) is 9.71. The standard InChI is InChI=1S/C46H29B3N2/c47-46(48,49)45-50-41-24-11-12-25-42(41)51(45)36-19-13-18-32(29-36)43-37-20-7-9-22-39(37)44(40-23-10-8-21-38(40)43)35-27-33(30-14-3-1-4-15-30)26-34(28-35)31-16-5-2-6-17-31/h1-29H. The van der Waals surface area contributed by atoms with Crippen LogP contribution in [0.4, 0.5) is 0 Å². The molecule has 0 unspecified atom stereocenters. The maximum absolute atomic E-state index is 6.30. The van der Waals surface area contributed by atoms with E-state index in [1.807, 2.05) is 34.9 Å². The smallest absolute Gasteiger partial charge is 0.0951 e. The Labute approximate surface area is 301 Å². The van der Waals surface area contributed by atoms with E-state index in [0.717, 1.165) is 38.6 Å². The lowest BCUT2D eigenvalue weighted by Crippen LogP contribution is -2.31. The summed E-state index contributed by atoms with van der Waals surface area (Å²) in [5.41, 5.74) is 11.8. The molecule has 1 aromatic heterocycles. The van der Waals surface area contributed by atoms with Crippen LogP contribution in [0.3, 0.4) is 0 Å². The van der Waals surface area contributed by atoms with Crippen molar-refractivity contribution in [1.29, 1.82) is 0 Å². The maximum atomic E-state index is 6.30. The van der Waals surface area contributed by atoms with Crippen LogP contribution in [-0.4, -0.2) is 33.1 Å². The van der Waals surface area contributed by atoms with Gasteiger partial charge in [-0.05, 0) is 109 Å². The molecule has 9 aromatic rings. The first-order valence-corrected chi connectivity index (χ1v) is 17.1. The number of fused-ring (bicyclic) bond motifs is 3. The SMILES string of the molecule is [B]C([B])([B])c1nc2ccccc2n1-c1cccc(-c2c3ccccc3c(-c3cc(-c4ccccc4)cc(-c4ccccc4)c3)c3ccccc23)c1. The van der Waals surface area contributed by atoms with Crippen molar-refractivity contribution >= 4 is 56.1 Å². The van der Waals surface area contributed by atoms with Crippen molar-refractivity contribution < 1.29 is 0 Å². The molecule has 0 aliphatic carbocycles. The van der Waals surface area contributed by atoms with Gasteiger partial charge in [0.15, 0.2) is 0 Å². The average Bonchev–Trinajstić information content (AvgIpc) is 3.58. The number of hydrogen-bond donors (Lipinski definition) is 0. The molecule has 0 spiro atoms. The predicted octanol–water partition coefficient (Wildman–Crippen LogP) is 10.6. The first kappa shape index (κ1) is 31.0. The zero-order valence-electron chi connectivity index (χ0n) is 27.9. The molecule has 0 bridgehead atoms. The van der Waals surface area contributed by atoms with Gasteiger partial charge in [0.1, 0.15) is 0 Å². The van der Waals surface area contributed by atoms with Crippen LogP contribution in [0.25, 0.3) is 82.8 Å². The Kier molecular flexibility index (Phi) is 7.51. The van der Waals surface area contributed by atoms with Crippen molar-refractivity contribution in [3.05, 3.63) is 182 Å². The fourth-order valence-corrected chi connectivity index (χ4v) is 7.50. The maximum Gasteiger partial charge on any atom is 0.0951 e. The van der Waals surface area contributed by atoms with E-state index in [4.69, 9.17) is 28.5 Å². The van der Waals surface area contributed by atoms with Crippen LogP contribution in [-0.2, 0) is 5.11 Å². The molecule has 0 aliphatic rings. The Bertz CT molecular complexity index is 2610. The summed E-state index contributed by atoms with van der Waals surface area (Å²) in [7, 11) is 18.9. The van der Waals surface area contributed by atoms with Crippen LogP contribution in [0.15, 0.2) is 176 Å². The summed E-state index contributed by atoms with van der Waals surface area (Å²) in [4.78, 5) is 4.75. The first-order valence-electron chi connectivity index (χ1n) is 17.1. The molecule has 8 aromatic carbocycles. The average molecular weight is 642 g/mol. The summed E-state index contributed by atoms with van der Waals surface area (Å²) in [5, 5.41) is 3.05. The van der Waals surface area contributed by atoms with E-state index in [9.17, 15) is 0 Å². The summed E-state index contributed by atoms with van der Waals surface area (Å²) in [6, 6.07) is 62.0. The highest BCUT2D eigenvalue weighted by Gasteiger charge is 2.24. The van der Waals surface area contributed by atoms with Gasteiger partial charge in [-0.1, -0.05) is 139 Å². The number of imidazole rings is 1. The van der Waals surface area contributed by atoms with E-state index in [0.29, 0.717) is 5.82 Å². The lowest BCUT2D eigenvalue weighted by atomic mass is 9.42. The lowest BCUT2D eigenvalue weighted by Gasteiger charge is -2.22. The lowest BCUT2D eigenvalue weighted by molar-refractivity contribution is 0.930. The molecule has 9 rings (SSSR count). The molecular formula is C46H29B3N2. The van der Waals surface area contributed by atoms with Gasteiger partial charge in [-0.15, -0.1) is 0 Å². The molecule has 0 N–H and O–H groups in total. The predicted molar refractivity (Wildman–Crippen MR) is 217 cm³/mol. The minimum Gasteiger partial charge on any atom is -0.298 e. The summed E-state index contributed by atoms with van der Waals surface area (Å²) < 4.78 is 1.97. The second kappa shape index (κ2) is 12.4. The van der Waals surface area contributed by atoms with Gasteiger partial charge >= 0.3 is 0 Å². The topological polar surface area (TPSA) is 17.8 Å². The minimum atomic E-state index is -1.64. The minimum absolute atomic E-state index is 0.387. The van der Waals surface area contributed by atoms with Gasteiger partial charge < -0.3 is 0 Å². The number of hydrogen-bond acceptors (Lipinski definition) is 1. The summed E-state index contributed by atoms with van der Waals surface area (Å²) in [6.45, 7) is 0. The Morgan fingerprint density at radius 2 is 0.843 bits per heavy atom. The Morgan fingerprint density at radius 1 is 0.392 bits per heavy atom. The highest BCUT2D eigenvalue weighted by molar-refractivity contribution is 6.58. The molecule has 6 radical (unpaired) electrons.